The van der Waals surface area contributed by atoms with Crippen molar-refractivity contribution in [3.8, 4) is 0 Å². The van der Waals surface area contributed by atoms with E-state index in [4.69, 9.17) is 0 Å². The van der Waals surface area contributed by atoms with Gasteiger partial charge in [0.05, 0.1) is 13.1 Å². The van der Waals surface area contributed by atoms with Crippen molar-refractivity contribution in [3.05, 3.63) is 47.0 Å². The Morgan fingerprint density at radius 2 is 2.16 bits per heavy atom. The number of rotatable bonds is 5. The van der Waals surface area contributed by atoms with Crippen molar-refractivity contribution < 1.29 is 0 Å². The Labute approximate surface area is 113 Å². The second-order valence-corrected chi connectivity index (χ2v) is 5.44. The molecule has 19 heavy (non-hydrogen) atoms. The van der Waals surface area contributed by atoms with Crippen LogP contribution in [0.3, 0.4) is 0 Å². The van der Waals surface area contributed by atoms with E-state index in [1.807, 2.05) is 11.0 Å². The van der Waals surface area contributed by atoms with Gasteiger partial charge in [0.1, 0.15) is 6.33 Å². The molecule has 1 aromatic carbocycles. The van der Waals surface area contributed by atoms with Crippen LogP contribution in [0, 0.1) is 13.8 Å². The lowest BCUT2D eigenvalue weighted by Gasteiger charge is -2.06. The van der Waals surface area contributed by atoms with Crippen LogP contribution in [0.5, 0.6) is 0 Å². The zero-order valence-corrected chi connectivity index (χ0v) is 11.6. The molecule has 3 rings (SSSR count). The lowest BCUT2D eigenvalue weighted by molar-refractivity contribution is 0.627. The molecule has 0 unspecified atom stereocenters. The lowest BCUT2D eigenvalue weighted by atomic mass is 10.1. The fourth-order valence-electron chi connectivity index (χ4n) is 2.16. The minimum absolute atomic E-state index is 0.700. The molecule has 1 N–H and O–H groups in total. The van der Waals surface area contributed by atoms with Crippen molar-refractivity contribution >= 4 is 0 Å². The first-order chi connectivity index (χ1) is 9.20. The topological polar surface area (TPSA) is 42.7 Å². The predicted molar refractivity (Wildman–Crippen MR) is 74.9 cm³/mol. The van der Waals surface area contributed by atoms with Gasteiger partial charge in [-0.2, -0.15) is 5.10 Å². The van der Waals surface area contributed by atoms with Crippen LogP contribution in [-0.2, 0) is 13.1 Å². The highest BCUT2D eigenvalue weighted by atomic mass is 15.3. The minimum Gasteiger partial charge on any atom is -0.307 e. The van der Waals surface area contributed by atoms with Crippen molar-refractivity contribution in [1.29, 1.82) is 0 Å². The molecule has 0 atom stereocenters. The Kier molecular flexibility index (Phi) is 3.34. The van der Waals surface area contributed by atoms with Gasteiger partial charge in [0.2, 0.25) is 0 Å². The van der Waals surface area contributed by atoms with E-state index in [1.165, 1.54) is 29.5 Å². The number of aromatic nitrogens is 3. The molecule has 0 spiro atoms. The Morgan fingerprint density at radius 3 is 2.95 bits per heavy atom. The van der Waals surface area contributed by atoms with Gasteiger partial charge in [0.25, 0.3) is 0 Å². The van der Waals surface area contributed by atoms with Gasteiger partial charge in [-0.1, -0.05) is 23.8 Å². The van der Waals surface area contributed by atoms with Gasteiger partial charge in [-0.25, -0.2) is 9.67 Å². The predicted octanol–water partition coefficient (Wildman–Crippen LogP) is 2.20. The molecule has 0 aliphatic heterocycles. The van der Waals surface area contributed by atoms with Crippen LogP contribution < -0.4 is 5.32 Å². The SMILES string of the molecule is Cc1ccc(C)c(Cn2cnc(CNC3CC3)n2)c1. The summed E-state index contributed by atoms with van der Waals surface area (Å²) in [5.74, 6) is 0.886. The first kappa shape index (κ1) is 12.4. The first-order valence-electron chi connectivity index (χ1n) is 6.88. The summed E-state index contributed by atoms with van der Waals surface area (Å²) in [4.78, 5) is 4.35. The Bertz CT molecular complexity index is 569. The molecule has 0 radical (unpaired) electrons. The average Bonchev–Trinajstić information content (AvgIpc) is 3.12. The molecule has 100 valence electrons. The Morgan fingerprint density at radius 1 is 1.32 bits per heavy atom. The van der Waals surface area contributed by atoms with E-state index in [-0.39, 0.29) is 0 Å². The van der Waals surface area contributed by atoms with E-state index in [0.717, 1.165) is 18.9 Å². The van der Waals surface area contributed by atoms with Gasteiger partial charge in [-0.05, 0) is 37.8 Å². The Balaban J connectivity index is 1.66. The first-order valence-corrected chi connectivity index (χ1v) is 6.88. The number of hydrogen-bond acceptors (Lipinski definition) is 3. The summed E-state index contributed by atoms with van der Waals surface area (Å²) < 4.78 is 1.92. The molecule has 2 aromatic rings. The van der Waals surface area contributed by atoms with Crippen molar-refractivity contribution in [2.45, 2.75) is 45.8 Å². The van der Waals surface area contributed by atoms with Crippen LogP contribution in [0.1, 0.15) is 35.4 Å². The van der Waals surface area contributed by atoms with Crippen LogP contribution in [-0.4, -0.2) is 20.8 Å². The summed E-state index contributed by atoms with van der Waals surface area (Å²) in [6.45, 7) is 5.84. The van der Waals surface area contributed by atoms with E-state index in [9.17, 15) is 0 Å². The quantitative estimate of drug-likeness (QED) is 0.891. The maximum atomic E-state index is 4.52. The molecule has 0 saturated heterocycles. The van der Waals surface area contributed by atoms with Gasteiger partial charge < -0.3 is 5.32 Å². The van der Waals surface area contributed by atoms with E-state index in [1.54, 1.807) is 0 Å². The van der Waals surface area contributed by atoms with Crippen LogP contribution in [0.15, 0.2) is 24.5 Å². The summed E-state index contributed by atoms with van der Waals surface area (Å²) in [6, 6.07) is 7.23. The van der Waals surface area contributed by atoms with E-state index in [0.29, 0.717) is 6.04 Å². The zero-order chi connectivity index (χ0) is 13.2. The number of benzene rings is 1. The third-order valence-electron chi connectivity index (χ3n) is 3.55. The van der Waals surface area contributed by atoms with Gasteiger partial charge in [0, 0.05) is 6.04 Å². The summed E-state index contributed by atoms with van der Waals surface area (Å²) in [6.07, 6.45) is 4.41. The van der Waals surface area contributed by atoms with Gasteiger partial charge in [0.15, 0.2) is 5.82 Å². The molecule has 1 aliphatic rings. The molecule has 4 nitrogen and oxygen atoms in total. The minimum atomic E-state index is 0.700. The molecular formula is C15H20N4. The molecule has 0 bridgehead atoms. The van der Waals surface area contributed by atoms with Crippen LogP contribution in [0.2, 0.25) is 0 Å². The third-order valence-corrected chi connectivity index (χ3v) is 3.55. The number of hydrogen-bond donors (Lipinski definition) is 1. The van der Waals surface area contributed by atoms with Crippen molar-refractivity contribution in [1.82, 2.24) is 20.1 Å². The van der Waals surface area contributed by atoms with Gasteiger partial charge >= 0.3 is 0 Å². The van der Waals surface area contributed by atoms with Crippen LogP contribution >= 0.6 is 0 Å². The van der Waals surface area contributed by atoms with Crippen molar-refractivity contribution in [3.63, 3.8) is 0 Å². The van der Waals surface area contributed by atoms with E-state index in [2.05, 4.69) is 47.4 Å². The summed E-state index contributed by atoms with van der Waals surface area (Å²) in [5.41, 5.74) is 3.90. The fraction of sp³-hybridized carbons (Fsp3) is 0.467. The largest absolute Gasteiger partial charge is 0.307 e. The monoisotopic (exact) mass is 256 g/mol. The maximum absolute atomic E-state index is 4.52. The highest BCUT2D eigenvalue weighted by Gasteiger charge is 2.20. The van der Waals surface area contributed by atoms with Gasteiger partial charge in [-0.3, -0.25) is 0 Å². The summed E-state index contributed by atoms with van der Waals surface area (Å²) in [7, 11) is 0. The maximum Gasteiger partial charge on any atom is 0.164 e. The highest BCUT2D eigenvalue weighted by molar-refractivity contribution is 5.30. The molecule has 1 fully saturated rings. The smallest absolute Gasteiger partial charge is 0.164 e. The number of nitrogens with zero attached hydrogens (tertiary/aromatic N) is 3. The van der Waals surface area contributed by atoms with Crippen LogP contribution in [0.25, 0.3) is 0 Å². The highest BCUT2D eigenvalue weighted by Crippen LogP contribution is 2.18. The standard InChI is InChI=1S/C15H20N4/c1-11-3-4-12(2)13(7-11)9-19-10-17-15(18-19)8-16-14-5-6-14/h3-4,7,10,14,16H,5-6,8-9H2,1-2H3. The summed E-state index contributed by atoms with van der Waals surface area (Å²) in [5, 5.41) is 7.95. The second kappa shape index (κ2) is 5.13. The van der Waals surface area contributed by atoms with E-state index < -0.39 is 0 Å². The molecule has 0 amide bonds. The molecule has 1 aromatic heterocycles. The fourth-order valence-corrected chi connectivity index (χ4v) is 2.16. The number of nitrogens with one attached hydrogen (secondary N) is 1. The molecular weight excluding hydrogens is 236 g/mol. The molecule has 4 heteroatoms. The third kappa shape index (κ3) is 3.20. The zero-order valence-electron chi connectivity index (χ0n) is 11.6. The average molecular weight is 256 g/mol. The normalized spacial score (nSPS) is 14.8. The molecule has 1 aliphatic carbocycles. The molecule has 1 saturated carbocycles. The number of aryl methyl sites for hydroxylation is 2. The van der Waals surface area contributed by atoms with Crippen LogP contribution in [0.4, 0.5) is 0 Å². The Hall–Kier alpha value is -1.68. The second-order valence-electron chi connectivity index (χ2n) is 5.44. The van der Waals surface area contributed by atoms with Crippen molar-refractivity contribution in [2.75, 3.05) is 0 Å². The van der Waals surface area contributed by atoms with E-state index >= 15 is 0 Å². The molecule has 1 heterocycles. The van der Waals surface area contributed by atoms with Crippen molar-refractivity contribution in [2.24, 2.45) is 0 Å². The summed E-state index contributed by atoms with van der Waals surface area (Å²) >= 11 is 0. The van der Waals surface area contributed by atoms with Gasteiger partial charge in [-0.15, -0.1) is 0 Å². The lowest BCUT2D eigenvalue weighted by Crippen LogP contribution is -2.16.